The third-order valence-electron chi connectivity index (χ3n) is 14.0. The molecule has 0 radical (unpaired) electrons. The van der Waals surface area contributed by atoms with Gasteiger partial charge >= 0.3 is 17.9 Å². The van der Waals surface area contributed by atoms with Crippen LogP contribution in [0.25, 0.3) is 0 Å². The molecule has 0 saturated carbocycles. The molecule has 0 aromatic rings. The van der Waals surface area contributed by atoms with Gasteiger partial charge in [-0.05, 0) is 83.5 Å². The lowest BCUT2D eigenvalue weighted by molar-refractivity contribution is -0.167. The highest BCUT2D eigenvalue weighted by molar-refractivity contribution is 5.71. The van der Waals surface area contributed by atoms with E-state index in [9.17, 15) is 14.4 Å². The van der Waals surface area contributed by atoms with E-state index in [0.717, 1.165) is 96.3 Å². The molecular formula is C67H120O6. The number of allylic oxidation sites excluding steroid dienone is 10. The van der Waals surface area contributed by atoms with E-state index in [0.29, 0.717) is 19.3 Å². The molecule has 0 aliphatic carbocycles. The van der Waals surface area contributed by atoms with E-state index in [1.807, 2.05) is 0 Å². The van der Waals surface area contributed by atoms with Crippen LogP contribution in [0.5, 0.6) is 0 Å². The smallest absolute Gasteiger partial charge is 0.306 e. The third-order valence-corrected chi connectivity index (χ3v) is 14.0. The van der Waals surface area contributed by atoms with Crippen LogP contribution in [0.2, 0.25) is 0 Å². The highest BCUT2D eigenvalue weighted by atomic mass is 16.6. The summed E-state index contributed by atoms with van der Waals surface area (Å²) in [6.07, 6.45) is 77.9. The second kappa shape index (κ2) is 61.7. The molecule has 0 fully saturated rings. The number of unbranched alkanes of at least 4 members (excludes halogenated alkanes) is 37. The molecule has 1 atom stereocenters. The van der Waals surface area contributed by atoms with E-state index in [4.69, 9.17) is 14.2 Å². The summed E-state index contributed by atoms with van der Waals surface area (Å²) < 4.78 is 16.9. The van der Waals surface area contributed by atoms with Gasteiger partial charge in [-0.1, -0.05) is 287 Å². The molecule has 0 saturated heterocycles. The zero-order valence-corrected chi connectivity index (χ0v) is 48.7. The Labute approximate surface area is 453 Å². The number of hydrogen-bond donors (Lipinski definition) is 0. The van der Waals surface area contributed by atoms with Gasteiger partial charge in [-0.25, -0.2) is 0 Å². The average Bonchev–Trinajstić information content (AvgIpc) is 3.39. The van der Waals surface area contributed by atoms with Crippen molar-refractivity contribution in [2.24, 2.45) is 0 Å². The zero-order chi connectivity index (χ0) is 52.9. The minimum absolute atomic E-state index is 0.0796. The van der Waals surface area contributed by atoms with Crippen LogP contribution in [0.4, 0.5) is 0 Å². The van der Waals surface area contributed by atoms with E-state index in [1.54, 1.807) is 0 Å². The Hall–Kier alpha value is -2.89. The van der Waals surface area contributed by atoms with Gasteiger partial charge in [-0.3, -0.25) is 14.4 Å². The predicted molar refractivity (Wildman–Crippen MR) is 316 cm³/mol. The Kier molecular flexibility index (Phi) is 59.2. The van der Waals surface area contributed by atoms with Crippen molar-refractivity contribution < 1.29 is 28.6 Å². The van der Waals surface area contributed by atoms with Crippen molar-refractivity contribution in [1.29, 1.82) is 0 Å². The summed E-state index contributed by atoms with van der Waals surface area (Å²) in [6.45, 7) is 6.55. The lowest BCUT2D eigenvalue weighted by atomic mass is 10.0. The summed E-state index contributed by atoms with van der Waals surface area (Å²) in [5.41, 5.74) is 0. The lowest BCUT2D eigenvalue weighted by Crippen LogP contribution is -2.30. The molecule has 73 heavy (non-hydrogen) atoms. The fourth-order valence-corrected chi connectivity index (χ4v) is 9.25. The maximum atomic E-state index is 12.9. The fourth-order valence-electron chi connectivity index (χ4n) is 9.25. The molecule has 0 heterocycles. The summed E-state index contributed by atoms with van der Waals surface area (Å²) in [5, 5.41) is 0. The second-order valence-electron chi connectivity index (χ2n) is 21.3. The van der Waals surface area contributed by atoms with Crippen molar-refractivity contribution in [3.63, 3.8) is 0 Å². The van der Waals surface area contributed by atoms with Gasteiger partial charge in [0.1, 0.15) is 13.2 Å². The number of hydrogen-bond acceptors (Lipinski definition) is 6. The van der Waals surface area contributed by atoms with E-state index in [2.05, 4.69) is 81.5 Å². The largest absolute Gasteiger partial charge is 0.462 e. The first-order chi connectivity index (χ1) is 36.0. The Morgan fingerprint density at radius 2 is 0.534 bits per heavy atom. The molecule has 0 bridgehead atoms. The van der Waals surface area contributed by atoms with Gasteiger partial charge in [-0.15, -0.1) is 0 Å². The number of carbonyl (C=O) groups excluding carboxylic acids is 3. The summed E-state index contributed by atoms with van der Waals surface area (Å²) in [4.78, 5) is 38.3. The maximum Gasteiger partial charge on any atom is 0.306 e. The Morgan fingerprint density at radius 1 is 0.288 bits per heavy atom. The Balaban J connectivity index is 4.38. The van der Waals surface area contributed by atoms with E-state index in [1.165, 1.54) is 193 Å². The van der Waals surface area contributed by atoms with Crippen molar-refractivity contribution in [3.8, 4) is 0 Å². The minimum Gasteiger partial charge on any atom is -0.462 e. The van der Waals surface area contributed by atoms with E-state index in [-0.39, 0.29) is 31.1 Å². The van der Waals surface area contributed by atoms with Crippen molar-refractivity contribution in [2.75, 3.05) is 13.2 Å². The molecule has 0 rings (SSSR count). The molecule has 0 spiro atoms. The van der Waals surface area contributed by atoms with Crippen LogP contribution in [-0.2, 0) is 28.6 Å². The van der Waals surface area contributed by atoms with Gasteiger partial charge in [0.2, 0.25) is 0 Å². The first-order valence-corrected chi connectivity index (χ1v) is 31.8. The quantitative estimate of drug-likeness (QED) is 0.0261. The molecule has 0 N–H and O–H groups in total. The van der Waals surface area contributed by atoms with Crippen LogP contribution in [0.1, 0.15) is 329 Å². The SMILES string of the molecule is CC/C=C\C/C=C\C/C=C\C/C=C\CCCCCCC(=O)OC[C@H](COC(=O)CCCCCCCCCCCCCCCCCCCCC)OC(=O)CCCCCCCCCCC/C=C\CCCCCCCC. The van der Waals surface area contributed by atoms with Gasteiger partial charge in [0.05, 0.1) is 0 Å². The van der Waals surface area contributed by atoms with Crippen LogP contribution in [-0.4, -0.2) is 37.2 Å². The normalized spacial score (nSPS) is 12.4. The summed E-state index contributed by atoms with van der Waals surface area (Å²) in [6, 6.07) is 0. The third kappa shape index (κ3) is 59.9. The van der Waals surface area contributed by atoms with E-state index < -0.39 is 6.10 Å². The standard InChI is InChI=1S/C67H120O6/c1-4-7-10-13-16-19-22-25-28-31-33-36-39-42-45-48-51-54-57-60-66(69)72-63-64(62-71-65(68)59-56-53-50-47-44-41-38-35-30-27-24-21-18-15-12-9-6-3)73-67(70)61-58-55-52-49-46-43-40-37-34-32-29-26-23-20-17-14-11-8-5-2/h9,12,18,21,26-27,29-30,38,41,64H,4-8,10-11,13-17,19-20,22-25,28,31-37,39-40,42-63H2,1-3H3/b12-9-,21-18-,29-26-,30-27-,41-38-/t64-/m1/s1. The highest BCUT2D eigenvalue weighted by Gasteiger charge is 2.19. The second-order valence-corrected chi connectivity index (χ2v) is 21.3. The maximum absolute atomic E-state index is 12.9. The van der Waals surface area contributed by atoms with Crippen molar-refractivity contribution >= 4 is 17.9 Å². The Morgan fingerprint density at radius 3 is 0.849 bits per heavy atom. The molecule has 0 aromatic heterocycles. The average molecular weight is 1020 g/mol. The highest BCUT2D eigenvalue weighted by Crippen LogP contribution is 2.17. The van der Waals surface area contributed by atoms with Crippen molar-refractivity contribution in [3.05, 3.63) is 60.8 Å². The zero-order valence-electron chi connectivity index (χ0n) is 48.7. The molecule has 424 valence electrons. The molecular weight excluding hydrogens is 901 g/mol. The van der Waals surface area contributed by atoms with Gasteiger partial charge in [-0.2, -0.15) is 0 Å². The molecule has 6 heteroatoms. The first-order valence-electron chi connectivity index (χ1n) is 31.8. The molecule has 6 nitrogen and oxygen atoms in total. The van der Waals surface area contributed by atoms with Crippen LogP contribution in [0.15, 0.2) is 60.8 Å². The monoisotopic (exact) mass is 1020 g/mol. The first kappa shape index (κ1) is 70.1. The van der Waals surface area contributed by atoms with Crippen molar-refractivity contribution in [2.45, 2.75) is 335 Å². The molecule has 0 unspecified atom stereocenters. The van der Waals surface area contributed by atoms with Crippen molar-refractivity contribution in [1.82, 2.24) is 0 Å². The van der Waals surface area contributed by atoms with Crippen LogP contribution in [0, 0.1) is 0 Å². The number of rotatable bonds is 58. The number of carbonyl (C=O) groups is 3. The van der Waals surface area contributed by atoms with Gasteiger partial charge in [0.15, 0.2) is 6.10 Å². The molecule has 0 aliphatic rings. The number of esters is 3. The summed E-state index contributed by atoms with van der Waals surface area (Å²) >= 11 is 0. The van der Waals surface area contributed by atoms with Gasteiger partial charge in [0, 0.05) is 19.3 Å². The summed E-state index contributed by atoms with van der Waals surface area (Å²) in [5.74, 6) is -0.888. The van der Waals surface area contributed by atoms with Gasteiger partial charge < -0.3 is 14.2 Å². The minimum atomic E-state index is -0.785. The molecule has 0 amide bonds. The summed E-state index contributed by atoms with van der Waals surface area (Å²) in [7, 11) is 0. The Bertz CT molecular complexity index is 1310. The lowest BCUT2D eigenvalue weighted by Gasteiger charge is -2.18. The van der Waals surface area contributed by atoms with Crippen LogP contribution >= 0.6 is 0 Å². The molecule has 0 aliphatic heterocycles. The van der Waals surface area contributed by atoms with E-state index >= 15 is 0 Å². The topological polar surface area (TPSA) is 78.9 Å². The van der Waals surface area contributed by atoms with Gasteiger partial charge in [0.25, 0.3) is 0 Å². The fraction of sp³-hybridized carbons (Fsp3) is 0.806. The molecule has 0 aromatic carbocycles. The van der Waals surface area contributed by atoms with Crippen LogP contribution < -0.4 is 0 Å². The number of ether oxygens (including phenoxy) is 3. The van der Waals surface area contributed by atoms with Crippen LogP contribution in [0.3, 0.4) is 0 Å². The predicted octanol–water partition coefficient (Wildman–Crippen LogP) is 21.6.